The smallest absolute Gasteiger partial charge is 0.225 e. The minimum absolute atomic E-state index is 0.0813. The number of carbonyl (C=O) groups is 1. The predicted octanol–water partition coefficient (Wildman–Crippen LogP) is 3.64. The van der Waals surface area contributed by atoms with Crippen LogP contribution >= 0.6 is 23.2 Å². The van der Waals surface area contributed by atoms with Crippen LogP contribution in [0.1, 0.15) is 26.2 Å². The Balaban J connectivity index is 1.85. The van der Waals surface area contributed by atoms with E-state index in [0.29, 0.717) is 27.8 Å². The summed E-state index contributed by atoms with van der Waals surface area (Å²) in [7, 11) is 0. The zero-order valence-electron chi connectivity index (χ0n) is 12.2. The molecule has 0 unspecified atom stereocenters. The Bertz CT molecular complexity index is 491. The number of benzene rings is 1. The molecule has 0 atom stereocenters. The van der Waals surface area contributed by atoms with Crippen LogP contribution < -0.4 is 11.1 Å². The SMILES string of the molecule is CC1CCN(CCC(=O)Nc2c(Cl)cc(N)cc2Cl)CC1. The van der Waals surface area contributed by atoms with Crippen molar-refractivity contribution in [2.24, 2.45) is 5.92 Å². The molecular weight excluding hydrogens is 309 g/mol. The van der Waals surface area contributed by atoms with Crippen LogP contribution in [-0.2, 0) is 4.79 Å². The maximum atomic E-state index is 12.0. The number of amides is 1. The van der Waals surface area contributed by atoms with Gasteiger partial charge in [-0.25, -0.2) is 0 Å². The lowest BCUT2D eigenvalue weighted by Gasteiger charge is -2.29. The molecule has 0 radical (unpaired) electrons. The van der Waals surface area contributed by atoms with E-state index in [1.165, 1.54) is 12.8 Å². The Labute approximate surface area is 135 Å². The van der Waals surface area contributed by atoms with Crippen LogP contribution in [0.5, 0.6) is 0 Å². The van der Waals surface area contributed by atoms with Crippen LogP contribution in [0.2, 0.25) is 10.0 Å². The second-order valence-electron chi connectivity index (χ2n) is 5.68. The monoisotopic (exact) mass is 329 g/mol. The number of nitrogen functional groups attached to an aromatic ring is 1. The summed E-state index contributed by atoms with van der Waals surface area (Å²) in [6.45, 7) is 5.17. The Morgan fingerprint density at radius 2 is 1.90 bits per heavy atom. The summed E-state index contributed by atoms with van der Waals surface area (Å²) < 4.78 is 0. The molecule has 0 aliphatic carbocycles. The van der Waals surface area contributed by atoms with Gasteiger partial charge in [0.1, 0.15) is 0 Å². The second-order valence-corrected chi connectivity index (χ2v) is 6.50. The number of halogens is 2. The molecule has 1 heterocycles. The molecule has 0 bridgehead atoms. The lowest BCUT2D eigenvalue weighted by Crippen LogP contribution is -2.35. The van der Waals surface area contributed by atoms with E-state index in [1.54, 1.807) is 12.1 Å². The highest BCUT2D eigenvalue weighted by Crippen LogP contribution is 2.32. The van der Waals surface area contributed by atoms with E-state index in [4.69, 9.17) is 28.9 Å². The summed E-state index contributed by atoms with van der Waals surface area (Å²) in [4.78, 5) is 14.3. The summed E-state index contributed by atoms with van der Waals surface area (Å²) in [5.74, 6) is 0.713. The molecule has 0 spiro atoms. The highest BCUT2D eigenvalue weighted by Gasteiger charge is 2.17. The predicted molar refractivity (Wildman–Crippen MR) is 89.0 cm³/mol. The van der Waals surface area contributed by atoms with E-state index in [0.717, 1.165) is 25.6 Å². The standard InChI is InChI=1S/C15H21Cl2N3O/c1-10-2-5-20(6-3-10)7-4-14(21)19-15-12(16)8-11(18)9-13(15)17/h8-10H,2-7,18H2,1H3,(H,19,21). The van der Waals surface area contributed by atoms with Gasteiger partial charge in [-0.3, -0.25) is 4.79 Å². The average molecular weight is 330 g/mol. The normalized spacial score (nSPS) is 16.9. The first-order valence-corrected chi connectivity index (χ1v) is 7.98. The number of carbonyl (C=O) groups excluding carboxylic acids is 1. The van der Waals surface area contributed by atoms with Crippen molar-refractivity contribution in [1.82, 2.24) is 4.90 Å². The average Bonchev–Trinajstić information content (AvgIpc) is 2.42. The van der Waals surface area contributed by atoms with Crippen molar-refractivity contribution < 1.29 is 4.79 Å². The van der Waals surface area contributed by atoms with Gasteiger partial charge in [0, 0.05) is 18.7 Å². The minimum Gasteiger partial charge on any atom is -0.399 e. The van der Waals surface area contributed by atoms with Crippen LogP contribution in [0.4, 0.5) is 11.4 Å². The van der Waals surface area contributed by atoms with Crippen LogP contribution in [0.15, 0.2) is 12.1 Å². The van der Waals surface area contributed by atoms with Crippen molar-refractivity contribution in [3.05, 3.63) is 22.2 Å². The second kappa shape index (κ2) is 7.34. The number of nitrogens with two attached hydrogens (primary N) is 1. The lowest BCUT2D eigenvalue weighted by atomic mass is 9.99. The van der Waals surface area contributed by atoms with E-state index in [1.807, 2.05) is 0 Å². The molecule has 1 saturated heterocycles. The van der Waals surface area contributed by atoms with Crippen molar-refractivity contribution >= 4 is 40.5 Å². The third-order valence-electron chi connectivity index (χ3n) is 3.86. The lowest BCUT2D eigenvalue weighted by molar-refractivity contribution is -0.116. The van der Waals surface area contributed by atoms with E-state index >= 15 is 0 Å². The molecule has 1 amide bonds. The molecule has 1 aliphatic rings. The van der Waals surface area contributed by atoms with Gasteiger partial charge in [0.2, 0.25) is 5.91 Å². The van der Waals surface area contributed by atoms with E-state index in [2.05, 4.69) is 17.1 Å². The number of rotatable bonds is 4. The molecule has 2 rings (SSSR count). The molecule has 21 heavy (non-hydrogen) atoms. The molecule has 1 aromatic carbocycles. The van der Waals surface area contributed by atoms with Crippen molar-refractivity contribution in [1.29, 1.82) is 0 Å². The fourth-order valence-corrected chi connectivity index (χ4v) is 3.06. The van der Waals surface area contributed by atoms with Crippen molar-refractivity contribution in [2.45, 2.75) is 26.2 Å². The van der Waals surface area contributed by atoms with Gasteiger partial charge in [0.25, 0.3) is 0 Å². The number of piperidine rings is 1. The van der Waals surface area contributed by atoms with E-state index in [-0.39, 0.29) is 5.91 Å². The molecule has 6 heteroatoms. The number of hydrogen-bond acceptors (Lipinski definition) is 3. The number of nitrogens with one attached hydrogen (secondary N) is 1. The topological polar surface area (TPSA) is 58.4 Å². The fourth-order valence-electron chi connectivity index (χ4n) is 2.46. The zero-order chi connectivity index (χ0) is 15.4. The molecule has 1 aliphatic heterocycles. The van der Waals surface area contributed by atoms with E-state index in [9.17, 15) is 4.79 Å². The Hall–Kier alpha value is -0.970. The molecule has 3 N–H and O–H groups in total. The van der Waals surface area contributed by atoms with Crippen molar-refractivity contribution in [3.63, 3.8) is 0 Å². The van der Waals surface area contributed by atoms with Crippen molar-refractivity contribution in [3.8, 4) is 0 Å². The maximum Gasteiger partial charge on any atom is 0.225 e. The third kappa shape index (κ3) is 4.77. The molecule has 1 fully saturated rings. The Morgan fingerprint density at radius 1 is 1.33 bits per heavy atom. The van der Waals surface area contributed by atoms with E-state index < -0.39 is 0 Å². The third-order valence-corrected chi connectivity index (χ3v) is 4.46. The highest BCUT2D eigenvalue weighted by atomic mass is 35.5. The molecule has 1 aromatic rings. The largest absolute Gasteiger partial charge is 0.399 e. The van der Waals surface area contributed by atoms with Gasteiger partial charge in [0.05, 0.1) is 15.7 Å². The summed E-state index contributed by atoms with van der Waals surface area (Å²) in [5, 5.41) is 3.49. The number of hydrogen-bond donors (Lipinski definition) is 2. The van der Waals surface area contributed by atoms with Gasteiger partial charge >= 0.3 is 0 Å². The molecule has 0 saturated carbocycles. The maximum absolute atomic E-state index is 12.0. The molecule has 4 nitrogen and oxygen atoms in total. The van der Waals surface area contributed by atoms with Gasteiger partial charge in [0.15, 0.2) is 0 Å². The van der Waals surface area contributed by atoms with Crippen LogP contribution in [0.25, 0.3) is 0 Å². The number of likely N-dealkylation sites (tertiary alicyclic amines) is 1. The molecule has 116 valence electrons. The van der Waals surface area contributed by atoms with Gasteiger partial charge in [-0.2, -0.15) is 0 Å². The highest BCUT2D eigenvalue weighted by molar-refractivity contribution is 6.40. The number of nitrogens with zero attached hydrogens (tertiary/aromatic N) is 1. The minimum atomic E-state index is -0.0813. The van der Waals surface area contributed by atoms with Crippen molar-refractivity contribution in [2.75, 3.05) is 30.7 Å². The van der Waals surface area contributed by atoms with Crippen LogP contribution in [0, 0.1) is 5.92 Å². The zero-order valence-corrected chi connectivity index (χ0v) is 13.7. The van der Waals surface area contributed by atoms with Gasteiger partial charge in [-0.15, -0.1) is 0 Å². The van der Waals surface area contributed by atoms with Gasteiger partial charge in [-0.1, -0.05) is 30.1 Å². The summed E-state index contributed by atoms with van der Waals surface area (Å²) in [5.41, 5.74) is 6.55. The summed E-state index contributed by atoms with van der Waals surface area (Å²) >= 11 is 12.1. The van der Waals surface area contributed by atoms with Gasteiger partial charge in [-0.05, 0) is 44.0 Å². The van der Waals surface area contributed by atoms with Gasteiger partial charge < -0.3 is 16.0 Å². The Kier molecular flexibility index (Phi) is 5.73. The summed E-state index contributed by atoms with van der Waals surface area (Å²) in [6.07, 6.45) is 2.85. The first-order chi connectivity index (χ1) is 9.95. The first-order valence-electron chi connectivity index (χ1n) is 7.22. The molecule has 0 aromatic heterocycles. The van der Waals surface area contributed by atoms with Crippen LogP contribution in [-0.4, -0.2) is 30.4 Å². The molecular formula is C15H21Cl2N3O. The Morgan fingerprint density at radius 3 is 2.48 bits per heavy atom. The van der Waals surface area contributed by atoms with Crippen LogP contribution in [0.3, 0.4) is 0 Å². The number of anilines is 2. The first kappa shape index (κ1) is 16.4. The summed E-state index contributed by atoms with van der Waals surface area (Å²) in [6, 6.07) is 3.16. The quantitative estimate of drug-likeness (QED) is 0.829. The fraction of sp³-hybridized carbons (Fsp3) is 0.533.